The number of hydrogen-bond donors (Lipinski definition) is 2. The molecule has 0 aliphatic carbocycles. The molecular formula is C10H7FN2O2. The van der Waals surface area contributed by atoms with Gasteiger partial charge < -0.3 is 5.11 Å². The SMILES string of the molecule is O=C(O)c1cc(F)ccc1-c1ccn[nH]1. The molecule has 0 saturated carbocycles. The number of aromatic amines is 1. The van der Waals surface area contributed by atoms with Gasteiger partial charge in [-0.25, -0.2) is 9.18 Å². The molecule has 1 aromatic carbocycles. The number of carboxylic acids is 1. The third-order valence-electron chi connectivity index (χ3n) is 2.00. The van der Waals surface area contributed by atoms with E-state index in [1.165, 1.54) is 18.3 Å². The summed E-state index contributed by atoms with van der Waals surface area (Å²) in [5.41, 5.74) is 0.882. The average Bonchev–Trinajstić information content (AvgIpc) is 2.70. The molecule has 2 aromatic rings. The molecule has 0 spiro atoms. The van der Waals surface area contributed by atoms with Crippen molar-refractivity contribution in [2.24, 2.45) is 0 Å². The van der Waals surface area contributed by atoms with Gasteiger partial charge in [0.25, 0.3) is 0 Å². The highest BCUT2D eigenvalue weighted by Gasteiger charge is 2.13. The monoisotopic (exact) mass is 206 g/mol. The maximum absolute atomic E-state index is 12.9. The van der Waals surface area contributed by atoms with E-state index in [4.69, 9.17) is 5.11 Å². The number of rotatable bonds is 2. The van der Waals surface area contributed by atoms with Crippen LogP contribution in [0.4, 0.5) is 4.39 Å². The Morgan fingerprint density at radius 1 is 1.40 bits per heavy atom. The predicted molar refractivity (Wildman–Crippen MR) is 50.9 cm³/mol. The normalized spacial score (nSPS) is 10.2. The van der Waals surface area contributed by atoms with Gasteiger partial charge in [-0.3, -0.25) is 5.10 Å². The molecule has 0 bridgehead atoms. The molecule has 1 heterocycles. The van der Waals surface area contributed by atoms with Gasteiger partial charge in [-0.05, 0) is 24.3 Å². The van der Waals surface area contributed by atoms with Crippen molar-refractivity contribution in [1.82, 2.24) is 10.2 Å². The highest BCUT2D eigenvalue weighted by Crippen LogP contribution is 2.22. The number of halogens is 1. The predicted octanol–water partition coefficient (Wildman–Crippen LogP) is 1.91. The summed E-state index contributed by atoms with van der Waals surface area (Å²) < 4.78 is 12.9. The van der Waals surface area contributed by atoms with Crippen molar-refractivity contribution in [2.45, 2.75) is 0 Å². The Labute approximate surface area is 84.4 Å². The molecule has 1 aromatic heterocycles. The average molecular weight is 206 g/mol. The molecule has 0 aliphatic rings. The minimum atomic E-state index is -1.17. The van der Waals surface area contributed by atoms with Crippen LogP contribution in [0, 0.1) is 5.82 Å². The first-order valence-electron chi connectivity index (χ1n) is 4.21. The van der Waals surface area contributed by atoms with Crippen LogP contribution in [-0.4, -0.2) is 21.3 Å². The molecule has 76 valence electrons. The van der Waals surface area contributed by atoms with Gasteiger partial charge in [-0.15, -0.1) is 0 Å². The maximum atomic E-state index is 12.9. The fourth-order valence-corrected chi connectivity index (χ4v) is 1.33. The highest BCUT2D eigenvalue weighted by molar-refractivity contribution is 5.95. The molecular weight excluding hydrogens is 199 g/mol. The molecule has 2 N–H and O–H groups in total. The highest BCUT2D eigenvalue weighted by atomic mass is 19.1. The van der Waals surface area contributed by atoms with Gasteiger partial charge in [0.15, 0.2) is 0 Å². The van der Waals surface area contributed by atoms with Gasteiger partial charge in [0.1, 0.15) is 5.82 Å². The first kappa shape index (κ1) is 9.39. The molecule has 0 unspecified atom stereocenters. The molecule has 0 saturated heterocycles. The van der Waals surface area contributed by atoms with Crippen LogP contribution in [-0.2, 0) is 0 Å². The number of aromatic nitrogens is 2. The largest absolute Gasteiger partial charge is 0.478 e. The lowest BCUT2D eigenvalue weighted by Crippen LogP contribution is -2.00. The Kier molecular flexibility index (Phi) is 2.21. The van der Waals surface area contributed by atoms with Crippen molar-refractivity contribution >= 4 is 5.97 Å². The van der Waals surface area contributed by atoms with Crippen LogP contribution in [0.15, 0.2) is 30.5 Å². The standard InChI is InChI=1S/C10H7FN2O2/c11-6-1-2-7(8(5-6)10(14)15)9-3-4-12-13-9/h1-5H,(H,12,13)(H,14,15). The minimum Gasteiger partial charge on any atom is -0.478 e. The van der Waals surface area contributed by atoms with Crippen molar-refractivity contribution in [1.29, 1.82) is 0 Å². The van der Waals surface area contributed by atoms with Gasteiger partial charge in [-0.1, -0.05) is 0 Å². The van der Waals surface area contributed by atoms with Gasteiger partial charge in [0, 0.05) is 11.8 Å². The molecule has 0 fully saturated rings. The third kappa shape index (κ3) is 1.71. The van der Waals surface area contributed by atoms with Crippen molar-refractivity contribution in [3.8, 4) is 11.3 Å². The summed E-state index contributed by atoms with van der Waals surface area (Å²) in [6.45, 7) is 0. The summed E-state index contributed by atoms with van der Waals surface area (Å²) in [7, 11) is 0. The summed E-state index contributed by atoms with van der Waals surface area (Å²) in [6.07, 6.45) is 1.50. The molecule has 15 heavy (non-hydrogen) atoms. The Hall–Kier alpha value is -2.17. The zero-order valence-corrected chi connectivity index (χ0v) is 7.57. The van der Waals surface area contributed by atoms with Gasteiger partial charge in [-0.2, -0.15) is 5.10 Å². The zero-order chi connectivity index (χ0) is 10.8. The number of nitrogens with one attached hydrogen (secondary N) is 1. The first-order chi connectivity index (χ1) is 7.18. The van der Waals surface area contributed by atoms with E-state index >= 15 is 0 Å². The Morgan fingerprint density at radius 3 is 2.80 bits per heavy atom. The number of nitrogens with zero attached hydrogens (tertiary/aromatic N) is 1. The number of carboxylic acid groups (broad SMARTS) is 1. The maximum Gasteiger partial charge on any atom is 0.336 e. The molecule has 5 heteroatoms. The van der Waals surface area contributed by atoms with E-state index in [1.54, 1.807) is 6.07 Å². The lowest BCUT2D eigenvalue weighted by atomic mass is 10.0. The molecule has 0 aliphatic heterocycles. The quantitative estimate of drug-likeness (QED) is 0.788. The number of benzene rings is 1. The van der Waals surface area contributed by atoms with E-state index in [-0.39, 0.29) is 5.56 Å². The van der Waals surface area contributed by atoms with Crippen LogP contribution in [0.5, 0.6) is 0 Å². The first-order valence-corrected chi connectivity index (χ1v) is 4.21. The van der Waals surface area contributed by atoms with Crippen molar-refractivity contribution < 1.29 is 14.3 Å². The van der Waals surface area contributed by atoms with Gasteiger partial charge >= 0.3 is 5.97 Å². The summed E-state index contributed by atoms with van der Waals surface area (Å²) >= 11 is 0. The topological polar surface area (TPSA) is 66.0 Å². The summed E-state index contributed by atoms with van der Waals surface area (Å²) in [5, 5.41) is 15.2. The van der Waals surface area contributed by atoms with Crippen LogP contribution in [0.3, 0.4) is 0 Å². The minimum absolute atomic E-state index is 0.0840. The Morgan fingerprint density at radius 2 is 2.20 bits per heavy atom. The molecule has 0 amide bonds. The van der Waals surface area contributed by atoms with E-state index < -0.39 is 11.8 Å². The second kappa shape index (κ2) is 3.53. The zero-order valence-electron chi connectivity index (χ0n) is 7.57. The van der Waals surface area contributed by atoms with Gasteiger partial charge in [0.05, 0.1) is 11.3 Å². The summed E-state index contributed by atoms with van der Waals surface area (Å²) in [4.78, 5) is 10.9. The van der Waals surface area contributed by atoms with Gasteiger partial charge in [0.2, 0.25) is 0 Å². The Bertz CT molecular complexity index is 494. The summed E-state index contributed by atoms with van der Waals surface area (Å²) in [6, 6.07) is 5.23. The fourth-order valence-electron chi connectivity index (χ4n) is 1.33. The van der Waals surface area contributed by atoms with Crippen molar-refractivity contribution in [3.05, 3.63) is 41.8 Å². The van der Waals surface area contributed by atoms with Crippen LogP contribution < -0.4 is 0 Å². The number of carbonyl (C=O) groups is 1. The lowest BCUT2D eigenvalue weighted by molar-refractivity contribution is 0.0697. The van der Waals surface area contributed by atoms with Crippen LogP contribution in [0.2, 0.25) is 0 Å². The van der Waals surface area contributed by atoms with Crippen LogP contribution in [0.25, 0.3) is 11.3 Å². The summed E-state index contributed by atoms with van der Waals surface area (Å²) in [5.74, 6) is -1.74. The van der Waals surface area contributed by atoms with E-state index in [0.717, 1.165) is 6.07 Å². The number of H-pyrrole nitrogens is 1. The smallest absolute Gasteiger partial charge is 0.336 e. The van der Waals surface area contributed by atoms with E-state index in [9.17, 15) is 9.18 Å². The van der Waals surface area contributed by atoms with Crippen LogP contribution >= 0.6 is 0 Å². The second-order valence-electron chi connectivity index (χ2n) is 2.97. The van der Waals surface area contributed by atoms with Crippen molar-refractivity contribution in [2.75, 3.05) is 0 Å². The molecule has 4 nitrogen and oxygen atoms in total. The molecule has 0 atom stereocenters. The van der Waals surface area contributed by atoms with Crippen LogP contribution in [0.1, 0.15) is 10.4 Å². The molecule has 0 radical (unpaired) electrons. The molecule has 2 rings (SSSR count). The third-order valence-corrected chi connectivity index (χ3v) is 2.00. The number of hydrogen-bond acceptors (Lipinski definition) is 2. The van der Waals surface area contributed by atoms with Crippen molar-refractivity contribution in [3.63, 3.8) is 0 Å². The lowest BCUT2D eigenvalue weighted by Gasteiger charge is -2.03. The second-order valence-corrected chi connectivity index (χ2v) is 2.97. The van der Waals surface area contributed by atoms with E-state index in [1.807, 2.05) is 0 Å². The Balaban J connectivity index is 2.61. The van der Waals surface area contributed by atoms with E-state index in [0.29, 0.717) is 11.3 Å². The fraction of sp³-hybridized carbons (Fsp3) is 0. The number of aromatic carboxylic acids is 1. The van der Waals surface area contributed by atoms with E-state index in [2.05, 4.69) is 10.2 Å².